The van der Waals surface area contributed by atoms with Crippen LogP contribution in [0.5, 0.6) is 0 Å². The molecule has 26 heavy (non-hydrogen) atoms. The minimum Gasteiger partial charge on any atom is -0.446 e. The molecule has 0 atom stereocenters. The van der Waals surface area contributed by atoms with Crippen LogP contribution in [0.1, 0.15) is 38.8 Å². The Kier molecular flexibility index (Phi) is 6.38. The number of nitrogens with one attached hydrogen (secondary N) is 1. The number of carbonyl (C=O) groups excluding carboxylic acids is 2. The number of ether oxygens (including phenoxy) is 2. The van der Waals surface area contributed by atoms with E-state index in [4.69, 9.17) is 9.47 Å². The maximum atomic E-state index is 12.4. The highest BCUT2D eigenvalue weighted by Gasteiger charge is 2.22. The largest absolute Gasteiger partial charge is 0.446 e. The molecule has 0 aliphatic rings. The molecule has 2 rings (SSSR count). The molecule has 0 fully saturated rings. The van der Waals surface area contributed by atoms with Gasteiger partial charge in [0.25, 0.3) is 0 Å². The van der Waals surface area contributed by atoms with Crippen molar-refractivity contribution in [3.05, 3.63) is 41.6 Å². The summed E-state index contributed by atoms with van der Waals surface area (Å²) in [5.41, 5.74) is 5.10. The summed E-state index contributed by atoms with van der Waals surface area (Å²) in [4.78, 5) is 28.8. The van der Waals surface area contributed by atoms with E-state index in [9.17, 15) is 9.59 Å². The molecule has 7 heteroatoms. The third-order valence-corrected chi connectivity index (χ3v) is 3.53. The van der Waals surface area contributed by atoms with Gasteiger partial charge in [-0.05, 0) is 46.2 Å². The topological polar surface area (TPSA) is 80.8 Å². The maximum absolute atomic E-state index is 12.4. The van der Waals surface area contributed by atoms with E-state index in [0.717, 1.165) is 27.0 Å². The third-order valence-electron chi connectivity index (χ3n) is 3.53. The van der Waals surface area contributed by atoms with Gasteiger partial charge in [0, 0.05) is 17.1 Å². The van der Waals surface area contributed by atoms with E-state index in [1.807, 2.05) is 31.2 Å². The Hall–Kier alpha value is -2.83. The molecule has 140 valence electrons. The Labute approximate surface area is 153 Å². The Morgan fingerprint density at radius 2 is 1.81 bits per heavy atom. The molecule has 1 heterocycles. The maximum Gasteiger partial charge on any atom is 0.429 e. The number of benzene rings is 1. The van der Waals surface area contributed by atoms with Gasteiger partial charge >= 0.3 is 12.2 Å². The number of rotatable bonds is 4. The van der Waals surface area contributed by atoms with Crippen molar-refractivity contribution in [3.63, 3.8) is 0 Å². The standard InChI is InChI=1S/C19H25N3O4/c1-12(2)25-18(23)21-22(19(24)26-13(3)4)11-15-9-8-14(5)16-7-6-10-20-17(15)16/h6-10,12-13H,11H2,1-5H3,(H,21,23). The van der Waals surface area contributed by atoms with Gasteiger partial charge in [-0.1, -0.05) is 18.2 Å². The first-order valence-corrected chi connectivity index (χ1v) is 8.56. The zero-order valence-electron chi connectivity index (χ0n) is 15.8. The van der Waals surface area contributed by atoms with E-state index in [-0.39, 0.29) is 18.8 Å². The average molecular weight is 359 g/mol. The number of hydrazine groups is 1. The van der Waals surface area contributed by atoms with Crippen molar-refractivity contribution in [1.29, 1.82) is 0 Å². The molecule has 0 aliphatic heterocycles. The quantitative estimate of drug-likeness (QED) is 0.836. The number of aromatic nitrogens is 1. The molecule has 1 N–H and O–H groups in total. The number of nitrogens with zero attached hydrogens (tertiary/aromatic N) is 2. The predicted octanol–water partition coefficient (Wildman–Crippen LogP) is 3.94. The molecule has 1 aromatic carbocycles. The van der Waals surface area contributed by atoms with Crippen molar-refractivity contribution in [3.8, 4) is 0 Å². The SMILES string of the molecule is Cc1ccc(CN(NC(=O)OC(C)C)C(=O)OC(C)C)c2ncccc12. The summed E-state index contributed by atoms with van der Waals surface area (Å²) >= 11 is 0. The lowest BCUT2D eigenvalue weighted by atomic mass is 10.0. The van der Waals surface area contributed by atoms with Crippen LogP contribution >= 0.6 is 0 Å². The minimum atomic E-state index is -0.718. The van der Waals surface area contributed by atoms with E-state index < -0.39 is 12.2 Å². The summed E-state index contributed by atoms with van der Waals surface area (Å²) in [6, 6.07) is 7.67. The molecule has 0 saturated heterocycles. The monoisotopic (exact) mass is 359 g/mol. The average Bonchev–Trinajstić information content (AvgIpc) is 2.55. The Morgan fingerprint density at radius 3 is 2.46 bits per heavy atom. The second-order valence-electron chi connectivity index (χ2n) is 6.53. The van der Waals surface area contributed by atoms with Crippen LogP contribution in [0, 0.1) is 6.92 Å². The van der Waals surface area contributed by atoms with Crippen molar-refractivity contribution in [2.75, 3.05) is 0 Å². The zero-order chi connectivity index (χ0) is 19.3. The van der Waals surface area contributed by atoms with Gasteiger partial charge in [-0.3, -0.25) is 4.98 Å². The zero-order valence-corrected chi connectivity index (χ0v) is 15.8. The molecule has 0 unspecified atom stereocenters. The van der Waals surface area contributed by atoms with Gasteiger partial charge in [0.05, 0.1) is 24.3 Å². The van der Waals surface area contributed by atoms with E-state index in [0.29, 0.717) is 0 Å². The summed E-state index contributed by atoms with van der Waals surface area (Å²) in [6.45, 7) is 9.04. The van der Waals surface area contributed by atoms with Gasteiger partial charge in [0.2, 0.25) is 0 Å². The minimum absolute atomic E-state index is 0.104. The first kappa shape index (κ1) is 19.5. The Morgan fingerprint density at radius 1 is 1.12 bits per heavy atom. The van der Waals surface area contributed by atoms with Crippen LogP contribution in [0.15, 0.2) is 30.5 Å². The van der Waals surface area contributed by atoms with Gasteiger partial charge in [-0.15, -0.1) is 0 Å². The molecule has 0 aliphatic carbocycles. The molecule has 0 bridgehead atoms. The number of hydrogen-bond donors (Lipinski definition) is 1. The van der Waals surface area contributed by atoms with E-state index in [1.165, 1.54) is 0 Å². The second kappa shape index (κ2) is 8.51. The van der Waals surface area contributed by atoms with Gasteiger partial charge in [-0.25, -0.2) is 20.0 Å². The number of aryl methyl sites for hydroxylation is 1. The van der Waals surface area contributed by atoms with Gasteiger partial charge in [0.15, 0.2) is 0 Å². The lowest BCUT2D eigenvalue weighted by Gasteiger charge is -2.24. The van der Waals surface area contributed by atoms with Crippen LogP contribution in [0.2, 0.25) is 0 Å². The fourth-order valence-corrected chi connectivity index (χ4v) is 2.44. The Balaban J connectivity index is 2.30. The van der Waals surface area contributed by atoms with E-state index >= 15 is 0 Å². The molecule has 2 aromatic rings. The molecule has 0 saturated carbocycles. The summed E-state index contributed by atoms with van der Waals surface area (Å²) in [6.07, 6.45) is -0.307. The smallest absolute Gasteiger partial charge is 0.429 e. The molecule has 0 spiro atoms. The third kappa shape index (κ3) is 5.08. The first-order valence-electron chi connectivity index (χ1n) is 8.56. The van der Waals surface area contributed by atoms with Crippen LogP contribution in [0.3, 0.4) is 0 Å². The van der Waals surface area contributed by atoms with Crippen LogP contribution < -0.4 is 5.43 Å². The van der Waals surface area contributed by atoms with Gasteiger partial charge in [-0.2, -0.15) is 0 Å². The summed E-state index contributed by atoms with van der Waals surface area (Å²) in [7, 11) is 0. The lowest BCUT2D eigenvalue weighted by molar-refractivity contribution is 0.0445. The fourth-order valence-electron chi connectivity index (χ4n) is 2.44. The Bertz CT molecular complexity index is 789. The molecule has 7 nitrogen and oxygen atoms in total. The van der Waals surface area contributed by atoms with Crippen molar-refractivity contribution < 1.29 is 19.1 Å². The van der Waals surface area contributed by atoms with Crippen molar-refractivity contribution in [2.24, 2.45) is 0 Å². The highest BCUT2D eigenvalue weighted by atomic mass is 16.6. The molecule has 0 radical (unpaired) electrons. The number of hydrogen-bond acceptors (Lipinski definition) is 5. The molecule has 2 amide bonds. The van der Waals surface area contributed by atoms with Crippen molar-refractivity contribution in [2.45, 2.75) is 53.4 Å². The van der Waals surface area contributed by atoms with Crippen LogP contribution in [-0.4, -0.2) is 34.4 Å². The predicted molar refractivity (Wildman–Crippen MR) is 98.4 cm³/mol. The highest BCUT2D eigenvalue weighted by molar-refractivity contribution is 5.85. The summed E-state index contributed by atoms with van der Waals surface area (Å²) in [5.74, 6) is 0. The van der Waals surface area contributed by atoms with Crippen LogP contribution in [0.25, 0.3) is 10.9 Å². The van der Waals surface area contributed by atoms with Gasteiger partial charge in [0.1, 0.15) is 0 Å². The molecular weight excluding hydrogens is 334 g/mol. The van der Waals surface area contributed by atoms with Crippen molar-refractivity contribution in [1.82, 2.24) is 15.4 Å². The number of pyridine rings is 1. The number of fused-ring (bicyclic) bond motifs is 1. The summed E-state index contributed by atoms with van der Waals surface area (Å²) in [5, 5.41) is 2.09. The van der Waals surface area contributed by atoms with Gasteiger partial charge < -0.3 is 9.47 Å². The fraction of sp³-hybridized carbons (Fsp3) is 0.421. The van der Waals surface area contributed by atoms with Crippen LogP contribution in [0.4, 0.5) is 9.59 Å². The normalized spacial score (nSPS) is 10.9. The van der Waals surface area contributed by atoms with Crippen LogP contribution in [-0.2, 0) is 16.0 Å². The molecular formula is C19H25N3O4. The molecule has 1 aromatic heterocycles. The first-order chi connectivity index (χ1) is 12.3. The summed E-state index contributed by atoms with van der Waals surface area (Å²) < 4.78 is 10.3. The van der Waals surface area contributed by atoms with E-state index in [1.54, 1.807) is 33.9 Å². The van der Waals surface area contributed by atoms with E-state index in [2.05, 4.69) is 10.4 Å². The number of carbonyl (C=O) groups is 2. The highest BCUT2D eigenvalue weighted by Crippen LogP contribution is 2.21. The number of amides is 2. The van der Waals surface area contributed by atoms with Crippen molar-refractivity contribution >= 4 is 23.1 Å². The lowest BCUT2D eigenvalue weighted by Crippen LogP contribution is -2.47. The second-order valence-corrected chi connectivity index (χ2v) is 6.53.